The van der Waals surface area contributed by atoms with Crippen LogP contribution in [0.15, 0.2) is 18.2 Å². The Labute approximate surface area is 285 Å². The normalized spacial score (nSPS) is 24.9. The second kappa shape index (κ2) is 13.1. The van der Waals surface area contributed by atoms with Gasteiger partial charge in [0.2, 0.25) is 5.91 Å². The van der Waals surface area contributed by atoms with Crippen LogP contribution in [0.25, 0.3) is 11.0 Å². The first kappa shape index (κ1) is 37.5. The molecule has 2 aromatic rings. The summed E-state index contributed by atoms with van der Waals surface area (Å²) < 4.78 is 84.6. The van der Waals surface area contributed by atoms with Gasteiger partial charge in [0, 0.05) is 32.5 Å². The first-order chi connectivity index (χ1) is 22.0. The number of alkyl halides is 4. The van der Waals surface area contributed by atoms with Crippen molar-refractivity contribution in [1.29, 1.82) is 0 Å². The van der Waals surface area contributed by atoms with Gasteiger partial charge in [0.05, 0.1) is 23.7 Å². The van der Waals surface area contributed by atoms with Crippen LogP contribution in [-0.4, -0.2) is 63.5 Å². The monoisotopic (exact) mass is 716 g/mol. The molecule has 2 N–H and O–H groups in total. The van der Waals surface area contributed by atoms with Gasteiger partial charge in [-0.3, -0.25) is 4.79 Å². The summed E-state index contributed by atoms with van der Waals surface area (Å²) in [4.78, 5) is 18.0. The smallest absolute Gasteiger partial charge is 0.416 e. The molecule has 1 unspecified atom stereocenters. The lowest BCUT2D eigenvalue weighted by Gasteiger charge is -2.65. The average Bonchev–Trinajstić information content (AvgIpc) is 3.69. The number of hydrogen-bond donors (Lipinski definition) is 2. The summed E-state index contributed by atoms with van der Waals surface area (Å²) in [7, 11) is -1.40. The van der Waals surface area contributed by atoms with Crippen LogP contribution in [-0.2, 0) is 32.4 Å². The van der Waals surface area contributed by atoms with Crippen molar-refractivity contribution in [3.63, 3.8) is 0 Å². The van der Waals surface area contributed by atoms with E-state index >= 15 is 0 Å². The lowest BCUT2D eigenvalue weighted by Crippen LogP contribution is -2.65. The second-order valence-electron chi connectivity index (χ2n) is 17.1. The van der Waals surface area contributed by atoms with Crippen molar-refractivity contribution in [3.05, 3.63) is 29.6 Å². The Kier molecular flexibility index (Phi) is 10.3. The van der Waals surface area contributed by atoms with E-state index in [0.29, 0.717) is 49.1 Å². The Morgan fingerprint density at radius 1 is 1.15 bits per heavy atom. The molecule has 0 saturated heterocycles. The van der Waals surface area contributed by atoms with E-state index in [4.69, 9.17) is 14.5 Å². The van der Waals surface area contributed by atoms with E-state index in [1.165, 1.54) is 0 Å². The predicted molar refractivity (Wildman–Crippen MR) is 182 cm³/mol. The maximum atomic E-state index is 14.1. The Morgan fingerprint density at radius 2 is 1.79 bits per heavy atom. The molecular weight excluding hydrogens is 665 g/mol. The fourth-order valence-corrected chi connectivity index (χ4v) is 8.19. The molecule has 4 aliphatic rings. The number of hydrogen-bond acceptors (Lipinski definition) is 6. The Morgan fingerprint density at radius 3 is 2.33 bits per heavy atom. The lowest BCUT2D eigenvalue weighted by atomic mass is 9.41. The number of benzene rings is 1. The van der Waals surface area contributed by atoms with Crippen molar-refractivity contribution in [2.24, 2.45) is 11.3 Å². The van der Waals surface area contributed by atoms with Crippen LogP contribution in [0.5, 0.6) is 0 Å². The quantitative estimate of drug-likeness (QED) is 0.0802. The fourth-order valence-electron chi connectivity index (χ4n) is 6.65. The van der Waals surface area contributed by atoms with Crippen molar-refractivity contribution >= 4 is 36.4 Å². The highest BCUT2D eigenvalue weighted by atomic mass is 32.2. The molecule has 6 rings (SSSR count). The van der Waals surface area contributed by atoms with E-state index in [2.05, 4.69) is 29.7 Å². The first-order valence-corrected chi connectivity index (χ1v) is 21.8. The lowest BCUT2D eigenvalue weighted by molar-refractivity contribution is -0.265. The average molecular weight is 717 g/mol. The molecule has 2 bridgehead atoms. The number of nitrogens with one attached hydrogen (secondary N) is 2. The van der Waals surface area contributed by atoms with Crippen LogP contribution in [0.1, 0.15) is 96.6 Å². The van der Waals surface area contributed by atoms with Gasteiger partial charge in [-0.15, -0.1) is 4.72 Å². The number of amides is 1. The molecule has 1 aromatic carbocycles. The number of fused-ring (bicyclic) bond motifs is 1. The van der Waals surface area contributed by atoms with Crippen LogP contribution >= 0.6 is 0 Å². The molecule has 0 radical (unpaired) electrons. The van der Waals surface area contributed by atoms with Crippen molar-refractivity contribution in [2.45, 2.75) is 140 Å². The highest BCUT2D eigenvalue weighted by Gasteiger charge is 2.69. The van der Waals surface area contributed by atoms with Gasteiger partial charge in [0.1, 0.15) is 29.0 Å². The molecule has 4 saturated carbocycles. The summed E-state index contributed by atoms with van der Waals surface area (Å²) in [5.74, 6) is 0.552. The fraction of sp³-hybridized carbons (Fsp3) is 0.765. The van der Waals surface area contributed by atoms with Gasteiger partial charge in [-0.1, -0.05) is 25.7 Å². The van der Waals surface area contributed by atoms with E-state index in [1.54, 1.807) is 20.8 Å². The molecule has 4 fully saturated rings. The van der Waals surface area contributed by atoms with Crippen LogP contribution < -0.4 is 10.0 Å². The minimum absolute atomic E-state index is 0.0749. The van der Waals surface area contributed by atoms with Crippen molar-refractivity contribution < 1.29 is 36.4 Å². The largest absolute Gasteiger partial charge is 0.598 e. The van der Waals surface area contributed by atoms with Crippen LogP contribution in [0.4, 0.5) is 17.6 Å². The molecule has 8 nitrogen and oxygen atoms in total. The molecule has 0 spiro atoms. The minimum Gasteiger partial charge on any atom is -0.598 e. The molecule has 14 heteroatoms. The predicted octanol–water partition coefficient (Wildman–Crippen LogP) is 7.65. The summed E-state index contributed by atoms with van der Waals surface area (Å²) in [6, 6.07) is 5.50. The third-order valence-corrected chi connectivity index (χ3v) is 13.1. The molecule has 1 aromatic heterocycles. The zero-order chi connectivity index (χ0) is 35.5. The molecule has 0 aliphatic heterocycles. The Hall–Kier alpha value is -1.71. The van der Waals surface area contributed by atoms with E-state index < -0.39 is 54.3 Å². The summed E-state index contributed by atoms with van der Waals surface area (Å²) in [5, 5.41) is 3.22. The van der Waals surface area contributed by atoms with Crippen molar-refractivity contribution in [3.8, 4) is 0 Å². The maximum Gasteiger partial charge on any atom is 0.416 e. The van der Waals surface area contributed by atoms with Crippen LogP contribution in [0.3, 0.4) is 0 Å². The Bertz CT molecular complexity index is 1460. The number of carbonyl (C=O) groups excluding carboxylic acids is 1. The van der Waals surface area contributed by atoms with Gasteiger partial charge in [0.25, 0.3) is 0 Å². The maximum absolute atomic E-state index is 14.1. The van der Waals surface area contributed by atoms with Crippen LogP contribution in [0, 0.1) is 11.3 Å². The zero-order valence-corrected chi connectivity index (χ0v) is 31.3. The van der Waals surface area contributed by atoms with Gasteiger partial charge in [-0.2, -0.15) is 13.2 Å². The highest BCUT2D eigenvalue weighted by molar-refractivity contribution is 7.90. The van der Waals surface area contributed by atoms with E-state index in [1.807, 2.05) is 22.8 Å². The number of nitrogens with zero attached hydrogens (tertiary/aromatic N) is 2. The SMILES string of the molecule is CC(C)(C)[S+]([O-])N[C@@H](COC(C)(C)C(F)(F)F)c1nc2cc([C@H](NC(=O)CC34CC(F)(C3)C4)C3CC3)ccc2n1COCC[Si](C)(C)C. The summed E-state index contributed by atoms with van der Waals surface area (Å²) >= 11 is -1.66. The topological polar surface area (TPSA) is 100 Å². The number of rotatable bonds is 16. The summed E-state index contributed by atoms with van der Waals surface area (Å²) in [6.45, 7) is 14.2. The number of aromatic nitrogens is 2. The third-order valence-electron chi connectivity index (χ3n) is 9.81. The van der Waals surface area contributed by atoms with Gasteiger partial charge < -0.3 is 23.9 Å². The first-order valence-electron chi connectivity index (χ1n) is 16.9. The molecule has 1 heterocycles. The van der Waals surface area contributed by atoms with Gasteiger partial charge in [-0.05, 0) is 102 Å². The third kappa shape index (κ3) is 8.59. The molecule has 270 valence electrons. The van der Waals surface area contributed by atoms with E-state index in [0.717, 1.165) is 38.3 Å². The summed E-state index contributed by atoms with van der Waals surface area (Å²) in [6.07, 6.45) is -0.951. The molecule has 48 heavy (non-hydrogen) atoms. The highest BCUT2D eigenvalue weighted by Crippen LogP contribution is 2.71. The number of carbonyl (C=O) groups is 1. The number of imidazole rings is 1. The minimum atomic E-state index is -4.62. The standard InChI is InChI=1S/C34H52F4N4O4SSi/c1-30(2,3)47(44)41-25(17-46-31(4,5)34(36,37)38)29-39-24-15-23(11-12-26(24)42(29)21-45-13-14-48(6,7)8)28(22-9-10-22)40-27(43)16-32-18-33(35,19-32)20-32/h11-12,15,22,25,28,41H,9-10,13-14,16-21H2,1-8H3,(H,40,43)/t25-,28+,32?,33?,47?/m0/s1. The van der Waals surface area contributed by atoms with Gasteiger partial charge in [-0.25, -0.2) is 9.37 Å². The van der Waals surface area contributed by atoms with Gasteiger partial charge in [0.15, 0.2) is 5.60 Å². The van der Waals surface area contributed by atoms with Crippen molar-refractivity contribution in [1.82, 2.24) is 19.6 Å². The molecule has 3 atom stereocenters. The zero-order valence-electron chi connectivity index (χ0n) is 29.5. The summed E-state index contributed by atoms with van der Waals surface area (Å²) in [5.41, 5.74) is -1.54. The molecule has 1 amide bonds. The van der Waals surface area contributed by atoms with Crippen molar-refractivity contribution in [2.75, 3.05) is 13.2 Å². The Balaban J connectivity index is 1.46. The molecule has 4 aliphatic carbocycles. The second-order valence-corrected chi connectivity index (χ2v) is 24.7. The van der Waals surface area contributed by atoms with E-state index in [-0.39, 0.29) is 30.0 Å². The molecular formula is C34H52F4N4O4SSi. The van der Waals surface area contributed by atoms with Crippen LogP contribution in [0.2, 0.25) is 25.7 Å². The van der Waals surface area contributed by atoms with Gasteiger partial charge >= 0.3 is 6.18 Å². The number of ether oxygens (including phenoxy) is 2. The number of halogens is 4. The van der Waals surface area contributed by atoms with E-state index in [9.17, 15) is 26.9 Å².